The standard InChI is InChI=1S/C20H14O4.CH4O/c21-15-9-5-13(6-10-15)20(14-7-11-16(22)12-8-14)18-4-2-1-3-17(18)19(23)24-20;1-2/h1-12,21-22H;2H,1H3. The summed E-state index contributed by atoms with van der Waals surface area (Å²) in [6, 6.07) is 20.4. The summed E-state index contributed by atoms with van der Waals surface area (Å²) in [5, 5.41) is 26.2. The molecule has 0 radical (unpaired) electrons. The minimum Gasteiger partial charge on any atom is -0.508 e. The molecule has 26 heavy (non-hydrogen) atoms. The molecule has 1 aliphatic rings. The van der Waals surface area contributed by atoms with Gasteiger partial charge in [-0.05, 0) is 30.3 Å². The SMILES string of the molecule is CO.O=C1OC(c2ccc(O)cc2)(c2ccc(O)cc2)c2ccccc21. The number of cyclic esters (lactones) is 1. The van der Waals surface area contributed by atoms with Crippen LogP contribution in [0, 0.1) is 0 Å². The van der Waals surface area contributed by atoms with Gasteiger partial charge in [0, 0.05) is 23.8 Å². The van der Waals surface area contributed by atoms with E-state index in [4.69, 9.17) is 9.84 Å². The van der Waals surface area contributed by atoms with Crippen LogP contribution in [0.15, 0.2) is 72.8 Å². The first-order chi connectivity index (χ1) is 12.6. The van der Waals surface area contributed by atoms with Crippen LogP contribution in [-0.4, -0.2) is 28.4 Å². The van der Waals surface area contributed by atoms with Gasteiger partial charge in [-0.25, -0.2) is 4.79 Å². The second-order valence-corrected chi connectivity index (χ2v) is 5.71. The topological polar surface area (TPSA) is 87.0 Å². The number of rotatable bonds is 2. The van der Waals surface area contributed by atoms with Crippen LogP contribution in [0.3, 0.4) is 0 Å². The lowest BCUT2D eigenvalue weighted by Crippen LogP contribution is -2.29. The number of aliphatic hydroxyl groups is 1. The second-order valence-electron chi connectivity index (χ2n) is 5.71. The highest BCUT2D eigenvalue weighted by atomic mass is 16.6. The van der Waals surface area contributed by atoms with Crippen molar-refractivity contribution in [1.82, 2.24) is 0 Å². The van der Waals surface area contributed by atoms with Crippen molar-refractivity contribution in [2.45, 2.75) is 5.60 Å². The van der Waals surface area contributed by atoms with E-state index in [9.17, 15) is 15.0 Å². The number of benzene rings is 3. The molecule has 4 rings (SSSR count). The predicted molar refractivity (Wildman–Crippen MR) is 96.1 cm³/mol. The summed E-state index contributed by atoms with van der Waals surface area (Å²) in [5.74, 6) is -0.124. The van der Waals surface area contributed by atoms with Crippen LogP contribution >= 0.6 is 0 Å². The van der Waals surface area contributed by atoms with Crippen molar-refractivity contribution in [3.05, 3.63) is 95.1 Å². The predicted octanol–water partition coefficient (Wildman–Crippen LogP) is 3.17. The summed E-state index contributed by atoms with van der Waals surface area (Å²) in [6.07, 6.45) is 0. The van der Waals surface area contributed by atoms with Crippen molar-refractivity contribution < 1.29 is 24.9 Å². The van der Waals surface area contributed by atoms with E-state index in [0.717, 1.165) is 23.8 Å². The molecular weight excluding hydrogens is 332 g/mol. The Morgan fingerprint density at radius 3 is 1.69 bits per heavy atom. The van der Waals surface area contributed by atoms with Crippen LogP contribution in [0.2, 0.25) is 0 Å². The van der Waals surface area contributed by atoms with Gasteiger partial charge in [0.25, 0.3) is 0 Å². The Labute approximate surface area is 150 Å². The lowest BCUT2D eigenvalue weighted by molar-refractivity contribution is 0.0251. The van der Waals surface area contributed by atoms with E-state index in [0.29, 0.717) is 5.56 Å². The maximum Gasteiger partial charge on any atom is 0.340 e. The van der Waals surface area contributed by atoms with E-state index in [2.05, 4.69) is 0 Å². The van der Waals surface area contributed by atoms with Crippen molar-refractivity contribution >= 4 is 5.97 Å². The Morgan fingerprint density at radius 2 is 1.19 bits per heavy atom. The maximum atomic E-state index is 12.4. The highest BCUT2D eigenvalue weighted by Gasteiger charge is 2.48. The van der Waals surface area contributed by atoms with Gasteiger partial charge in [-0.15, -0.1) is 0 Å². The van der Waals surface area contributed by atoms with Crippen LogP contribution in [0.5, 0.6) is 11.5 Å². The van der Waals surface area contributed by atoms with Crippen molar-refractivity contribution in [2.75, 3.05) is 7.11 Å². The summed E-state index contributed by atoms with van der Waals surface area (Å²) in [5.41, 5.74) is 1.60. The number of hydrogen-bond acceptors (Lipinski definition) is 5. The molecule has 1 heterocycles. The first-order valence-electron chi connectivity index (χ1n) is 7.98. The number of aliphatic hydroxyl groups excluding tert-OH is 1. The van der Waals surface area contributed by atoms with Crippen molar-refractivity contribution in [2.24, 2.45) is 0 Å². The number of phenols is 2. The summed E-state index contributed by atoms with van der Waals surface area (Å²) in [4.78, 5) is 12.4. The fourth-order valence-electron chi connectivity index (χ4n) is 3.20. The molecule has 0 saturated carbocycles. The largest absolute Gasteiger partial charge is 0.508 e. The highest BCUT2D eigenvalue weighted by Crippen LogP contribution is 2.47. The fraction of sp³-hybridized carbons (Fsp3) is 0.0952. The molecule has 5 nitrogen and oxygen atoms in total. The molecular formula is C21H18O5. The van der Waals surface area contributed by atoms with E-state index in [1.165, 1.54) is 0 Å². The van der Waals surface area contributed by atoms with Crippen LogP contribution in [-0.2, 0) is 10.3 Å². The Hall–Kier alpha value is -3.31. The summed E-state index contributed by atoms with van der Waals surface area (Å²) >= 11 is 0. The number of esters is 1. The molecule has 3 N–H and O–H groups in total. The average molecular weight is 350 g/mol. The summed E-state index contributed by atoms with van der Waals surface area (Å²) in [7, 11) is 1.00. The van der Waals surface area contributed by atoms with Gasteiger partial charge in [0.05, 0.1) is 5.56 Å². The number of carbonyl (C=O) groups excluding carboxylic acids is 1. The van der Waals surface area contributed by atoms with Gasteiger partial charge in [-0.1, -0.05) is 42.5 Å². The van der Waals surface area contributed by atoms with E-state index in [1.54, 1.807) is 60.7 Å². The van der Waals surface area contributed by atoms with Crippen LogP contribution in [0.4, 0.5) is 0 Å². The molecule has 0 aromatic heterocycles. The minimum atomic E-state index is -1.10. The second kappa shape index (κ2) is 6.90. The quantitative estimate of drug-likeness (QED) is 0.618. The zero-order valence-corrected chi connectivity index (χ0v) is 14.1. The maximum absolute atomic E-state index is 12.4. The van der Waals surface area contributed by atoms with Gasteiger partial charge >= 0.3 is 5.97 Å². The molecule has 0 saturated heterocycles. The molecule has 3 aromatic carbocycles. The molecule has 0 fully saturated rings. The first-order valence-corrected chi connectivity index (χ1v) is 7.98. The third kappa shape index (κ3) is 2.68. The number of phenolic OH excluding ortho intramolecular Hbond substituents is 2. The molecule has 0 amide bonds. The summed E-state index contributed by atoms with van der Waals surface area (Å²) in [6.45, 7) is 0. The molecule has 5 heteroatoms. The monoisotopic (exact) mass is 350 g/mol. The third-order valence-electron chi connectivity index (χ3n) is 4.32. The van der Waals surface area contributed by atoms with Gasteiger partial charge in [-0.3, -0.25) is 0 Å². The number of ether oxygens (including phenoxy) is 1. The Balaban J connectivity index is 0.000000948. The Morgan fingerprint density at radius 1 is 0.731 bits per heavy atom. The van der Waals surface area contributed by atoms with E-state index in [1.807, 2.05) is 12.1 Å². The highest BCUT2D eigenvalue weighted by molar-refractivity contribution is 5.96. The minimum absolute atomic E-state index is 0.136. The lowest BCUT2D eigenvalue weighted by atomic mass is 9.80. The van der Waals surface area contributed by atoms with E-state index >= 15 is 0 Å². The smallest absolute Gasteiger partial charge is 0.340 e. The molecule has 0 bridgehead atoms. The molecule has 0 unspecified atom stereocenters. The number of aromatic hydroxyl groups is 2. The number of carbonyl (C=O) groups is 1. The van der Waals surface area contributed by atoms with Gasteiger partial charge in [0.2, 0.25) is 0 Å². The Bertz CT molecular complexity index is 868. The average Bonchev–Trinajstić information content (AvgIpc) is 2.99. The van der Waals surface area contributed by atoms with E-state index < -0.39 is 11.6 Å². The van der Waals surface area contributed by atoms with Crippen molar-refractivity contribution in [3.63, 3.8) is 0 Å². The fourth-order valence-corrected chi connectivity index (χ4v) is 3.20. The zero-order chi connectivity index (χ0) is 18.7. The van der Waals surface area contributed by atoms with Crippen LogP contribution < -0.4 is 0 Å². The number of hydrogen-bond donors (Lipinski definition) is 3. The first kappa shape index (κ1) is 17.5. The molecule has 0 aliphatic carbocycles. The Kier molecular flexibility index (Phi) is 4.65. The van der Waals surface area contributed by atoms with Gasteiger partial charge in [-0.2, -0.15) is 0 Å². The normalized spacial score (nSPS) is 14.0. The zero-order valence-electron chi connectivity index (χ0n) is 14.1. The molecule has 3 aromatic rings. The molecule has 0 atom stereocenters. The van der Waals surface area contributed by atoms with Gasteiger partial charge in [0.15, 0.2) is 5.60 Å². The van der Waals surface area contributed by atoms with Gasteiger partial charge < -0.3 is 20.1 Å². The van der Waals surface area contributed by atoms with Crippen LogP contribution in [0.1, 0.15) is 27.0 Å². The molecule has 1 aliphatic heterocycles. The van der Waals surface area contributed by atoms with Crippen LogP contribution in [0.25, 0.3) is 0 Å². The third-order valence-corrected chi connectivity index (χ3v) is 4.32. The molecule has 132 valence electrons. The van der Waals surface area contributed by atoms with Crippen molar-refractivity contribution in [1.29, 1.82) is 0 Å². The molecule has 0 spiro atoms. The number of fused-ring (bicyclic) bond motifs is 1. The lowest BCUT2D eigenvalue weighted by Gasteiger charge is -2.30. The summed E-state index contributed by atoms with van der Waals surface area (Å²) < 4.78 is 5.87. The van der Waals surface area contributed by atoms with Crippen molar-refractivity contribution in [3.8, 4) is 11.5 Å². The van der Waals surface area contributed by atoms with Gasteiger partial charge in [0.1, 0.15) is 11.5 Å². The van der Waals surface area contributed by atoms with E-state index in [-0.39, 0.29) is 11.5 Å².